The Hall–Kier alpha value is -0.520. The van der Waals surface area contributed by atoms with Crippen molar-refractivity contribution in [1.29, 1.82) is 0 Å². The summed E-state index contributed by atoms with van der Waals surface area (Å²) in [6.07, 6.45) is 14.4. The van der Waals surface area contributed by atoms with Gasteiger partial charge in [0.1, 0.15) is 0 Å². The third-order valence-electron chi connectivity index (χ3n) is 4.63. The second-order valence-electron chi connectivity index (χ2n) is 5.91. The molecule has 90 valence electrons. The molecule has 2 rings (SSSR count). The van der Waals surface area contributed by atoms with E-state index in [1.807, 2.05) is 0 Å². The Morgan fingerprint density at radius 3 is 2.38 bits per heavy atom. The van der Waals surface area contributed by atoms with Gasteiger partial charge in [-0.2, -0.15) is 0 Å². The van der Waals surface area contributed by atoms with Crippen LogP contribution >= 0.6 is 0 Å². The minimum absolute atomic E-state index is 0.762. The van der Waals surface area contributed by atoms with Gasteiger partial charge >= 0.3 is 0 Å². The first-order chi connectivity index (χ1) is 7.70. The van der Waals surface area contributed by atoms with E-state index < -0.39 is 0 Å². The Labute approximate surface area is 101 Å². The van der Waals surface area contributed by atoms with Crippen LogP contribution in [0.1, 0.15) is 52.9 Å². The zero-order valence-electron chi connectivity index (χ0n) is 11.1. The van der Waals surface area contributed by atoms with Gasteiger partial charge in [0.2, 0.25) is 0 Å². The third kappa shape index (κ3) is 2.59. The lowest BCUT2D eigenvalue weighted by Gasteiger charge is -2.35. The van der Waals surface area contributed by atoms with Crippen LogP contribution in [-0.2, 0) is 0 Å². The topological polar surface area (TPSA) is 0 Å². The second kappa shape index (κ2) is 5.21. The van der Waals surface area contributed by atoms with Gasteiger partial charge in [0.15, 0.2) is 0 Å². The minimum Gasteiger partial charge on any atom is -0.0803 e. The van der Waals surface area contributed by atoms with Gasteiger partial charge in [0, 0.05) is 0 Å². The molecule has 1 saturated carbocycles. The molecule has 0 aromatic carbocycles. The lowest BCUT2D eigenvalue weighted by Crippen LogP contribution is -2.25. The Morgan fingerprint density at radius 1 is 1.12 bits per heavy atom. The Balaban J connectivity index is 1.97. The average Bonchev–Trinajstić information content (AvgIpc) is 2.30. The highest BCUT2D eigenvalue weighted by Gasteiger charge is 2.28. The average molecular weight is 218 g/mol. The molecule has 0 heterocycles. The van der Waals surface area contributed by atoms with E-state index in [0.29, 0.717) is 0 Å². The molecule has 16 heavy (non-hydrogen) atoms. The first-order valence-corrected chi connectivity index (χ1v) is 7.09. The van der Waals surface area contributed by atoms with Crippen molar-refractivity contribution < 1.29 is 0 Å². The summed E-state index contributed by atoms with van der Waals surface area (Å²) in [5.74, 6) is 3.51. The molecule has 0 amide bonds. The van der Waals surface area contributed by atoms with Crippen LogP contribution in [0.2, 0.25) is 0 Å². The molecule has 0 bridgehead atoms. The lowest BCUT2D eigenvalue weighted by atomic mass is 9.70. The Kier molecular flexibility index (Phi) is 3.89. The van der Waals surface area contributed by atoms with E-state index in [2.05, 4.69) is 39.0 Å². The van der Waals surface area contributed by atoms with Gasteiger partial charge in [-0.05, 0) is 42.9 Å². The maximum Gasteiger partial charge on any atom is -0.0141 e. The van der Waals surface area contributed by atoms with Crippen LogP contribution in [0, 0.1) is 23.7 Å². The zero-order chi connectivity index (χ0) is 11.5. The van der Waals surface area contributed by atoms with Gasteiger partial charge in [-0.3, -0.25) is 0 Å². The van der Waals surface area contributed by atoms with E-state index in [1.165, 1.54) is 37.7 Å². The molecule has 0 nitrogen and oxygen atoms in total. The van der Waals surface area contributed by atoms with Gasteiger partial charge < -0.3 is 0 Å². The Morgan fingerprint density at radius 2 is 1.81 bits per heavy atom. The van der Waals surface area contributed by atoms with E-state index in [-0.39, 0.29) is 0 Å². The molecule has 2 atom stereocenters. The number of allylic oxidation sites excluding steroid dienone is 4. The highest BCUT2D eigenvalue weighted by atomic mass is 14.3. The monoisotopic (exact) mass is 218 g/mol. The van der Waals surface area contributed by atoms with Crippen molar-refractivity contribution >= 4 is 0 Å². The predicted octanol–water partition coefficient (Wildman–Crippen LogP) is 4.97. The summed E-state index contributed by atoms with van der Waals surface area (Å²) in [5.41, 5.74) is 1.54. The van der Waals surface area contributed by atoms with Gasteiger partial charge in [-0.15, -0.1) is 0 Å². The van der Waals surface area contributed by atoms with Gasteiger partial charge in [-0.1, -0.05) is 57.4 Å². The fourth-order valence-electron chi connectivity index (χ4n) is 3.41. The van der Waals surface area contributed by atoms with Crippen LogP contribution in [0.3, 0.4) is 0 Å². The van der Waals surface area contributed by atoms with Crippen molar-refractivity contribution in [2.24, 2.45) is 23.7 Å². The molecule has 0 aliphatic heterocycles. The molecule has 2 aliphatic carbocycles. The summed E-state index contributed by atoms with van der Waals surface area (Å²) in [6.45, 7) is 7.07. The largest absolute Gasteiger partial charge is 0.0803 e. The number of hydrogen-bond donors (Lipinski definition) is 0. The molecule has 0 aromatic heterocycles. The first kappa shape index (κ1) is 12.0. The highest BCUT2D eigenvalue weighted by molar-refractivity contribution is 5.25. The van der Waals surface area contributed by atoms with Crippen molar-refractivity contribution in [2.75, 3.05) is 0 Å². The smallest absolute Gasteiger partial charge is 0.0141 e. The van der Waals surface area contributed by atoms with Crippen LogP contribution in [0.15, 0.2) is 23.8 Å². The quantitative estimate of drug-likeness (QED) is 0.614. The van der Waals surface area contributed by atoms with E-state index in [1.54, 1.807) is 0 Å². The maximum absolute atomic E-state index is 2.50. The molecular formula is C16H26. The van der Waals surface area contributed by atoms with E-state index in [9.17, 15) is 0 Å². The fourth-order valence-corrected chi connectivity index (χ4v) is 3.41. The zero-order valence-corrected chi connectivity index (χ0v) is 11.1. The van der Waals surface area contributed by atoms with E-state index in [4.69, 9.17) is 0 Å². The fraction of sp³-hybridized carbons (Fsp3) is 0.750. The van der Waals surface area contributed by atoms with Gasteiger partial charge in [-0.25, -0.2) is 0 Å². The van der Waals surface area contributed by atoms with Crippen molar-refractivity contribution in [1.82, 2.24) is 0 Å². The van der Waals surface area contributed by atoms with Crippen molar-refractivity contribution in [3.05, 3.63) is 23.8 Å². The molecule has 0 heteroatoms. The summed E-state index contributed by atoms with van der Waals surface area (Å²) in [5, 5.41) is 0. The highest BCUT2D eigenvalue weighted by Crippen LogP contribution is 2.39. The van der Waals surface area contributed by atoms with Crippen LogP contribution in [0.4, 0.5) is 0 Å². The molecule has 1 fully saturated rings. The van der Waals surface area contributed by atoms with Crippen LogP contribution < -0.4 is 0 Å². The molecule has 0 aromatic rings. The van der Waals surface area contributed by atoms with Gasteiger partial charge in [0.05, 0.1) is 0 Å². The lowest BCUT2D eigenvalue weighted by molar-refractivity contribution is 0.214. The predicted molar refractivity (Wildman–Crippen MR) is 71.3 cm³/mol. The second-order valence-corrected chi connectivity index (χ2v) is 5.91. The van der Waals surface area contributed by atoms with Crippen LogP contribution in [0.5, 0.6) is 0 Å². The Bertz CT molecular complexity index is 276. The molecule has 2 aliphatic rings. The molecule has 0 radical (unpaired) electrons. The number of rotatable bonds is 2. The molecule has 0 saturated heterocycles. The first-order valence-electron chi connectivity index (χ1n) is 7.09. The summed E-state index contributed by atoms with van der Waals surface area (Å²) in [4.78, 5) is 0. The van der Waals surface area contributed by atoms with Crippen LogP contribution in [-0.4, -0.2) is 0 Å². The summed E-state index contributed by atoms with van der Waals surface area (Å²) >= 11 is 0. The third-order valence-corrected chi connectivity index (χ3v) is 4.63. The molecule has 2 unspecified atom stereocenters. The molecule has 0 spiro atoms. The summed E-state index contributed by atoms with van der Waals surface area (Å²) in [7, 11) is 0. The van der Waals surface area contributed by atoms with Gasteiger partial charge in [0.25, 0.3) is 0 Å². The van der Waals surface area contributed by atoms with E-state index >= 15 is 0 Å². The maximum atomic E-state index is 2.50. The standard InChI is InChI=1S/C16H26/c1-4-14-7-10-16(13(3)11-14)15-8-5-12(2)6-9-15/h7,10-13,15-16H,4-6,8-9H2,1-3H3. The summed E-state index contributed by atoms with van der Waals surface area (Å²) < 4.78 is 0. The van der Waals surface area contributed by atoms with Crippen molar-refractivity contribution in [2.45, 2.75) is 52.9 Å². The van der Waals surface area contributed by atoms with E-state index in [0.717, 1.165) is 23.7 Å². The van der Waals surface area contributed by atoms with Crippen LogP contribution in [0.25, 0.3) is 0 Å². The summed E-state index contributed by atoms with van der Waals surface area (Å²) in [6, 6.07) is 0. The molecule has 0 N–H and O–H groups in total. The van der Waals surface area contributed by atoms with Crippen molar-refractivity contribution in [3.63, 3.8) is 0 Å². The van der Waals surface area contributed by atoms with Crippen molar-refractivity contribution in [3.8, 4) is 0 Å². The number of hydrogen-bond acceptors (Lipinski definition) is 0. The minimum atomic E-state index is 0.762. The SMILES string of the molecule is CCC1=CC(C)C(C2CCC(C)CC2)C=C1. The molecular weight excluding hydrogens is 192 g/mol. The normalized spacial score (nSPS) is 39.6.